The van der Waals surface area contributed by atoms with E-state index in [-0.39, 0.29) is 19.4 Å². The van der Waals surface area contributed by atoms with Gasteiger partial charge in [-0.1, -0.05) is 0 Å². The fourth-order valence-corrected chi connectivity index (χ4v) is 0.765. The molecule has 1 amide bonds. The summed E-state index contributed by atoms with van der Waals surface area (Å²) in [6.45, 7) is 1.88. The highest BCUT2D eigenvalue weighted by molar-refractivity contribution is 5.78. The van der Waals surface area contributed by atoms with E-state index in [2.05, 4.69) is 4.74 Å². The van der Waals surface area contributed by atoms with Crippen LogP contribution >= 0.6 is 0 Å². The highest BCUT2D eigenvalue weighted by Crippen LogP contribution is 1.98. The lowest BCUT2D eigenvalue weighted by Crippen LogP contribution is -2.36. The van der Waals surface area contributed by atoms with Crippen LogP contribution in [0.5, 0.6) is 0 Å². The minimum Gasteiger partial charge on any atom is -0.465 e. The number of amides is 1. The Morgan fingerprint density at radius 3 is 2.62 bits per heavy atom. The summed E-state index contributed by atoms with van der Waals surface area (Å²) in [6.07, 6.45) is 0.154. The number of hydrogen-bond donors (Lipinski definition) is 3. The van der Waals surface area contributed by atoms with Crippen LogP contribution in [0, 0.1) is 0 Å². The van der Waals surface area contributed by atoms with Gasteiger partial charge < -0.3 is 15.7 Å². The van der Waals surface area contributed by atoms with Gasteiger partial charge in [-0.3, -0.25) is 9.59 Å². The summed E-state index contributed by atoms with van der Waals surface area (Å²) in [5, 5.41) is 8.53. The second kappa shape index (κ2) is 6.38. The summed E-state index contributed by atoms with van der Waals surface area (Å²) in [4.78, 5) is 21.4. The third kappa shape index (κ3) is 5.15. The summed E-state index contributed by atoms with van der Waals surface area (Å²) in [5.41, 5.74) is 6.63. The molecule has 0 heterocycles. The van der Waals surface area contributed by atoms with Crippen LogP contribution in [-0.2, 0) is 14.3 Å². The Balaban J connectivity index is 3.87. The van der Waals surface area contributed by atoms with Crippen molar-refractivity contribution in [2.75, 3.05) is 6.61 Å². The van der Waals surface area contributed by atoms with Crippen LogP contribution in [0.2, 0.25) is 0 Å². The number of nitrogens with two attached hydrogens (primary N) is 1. The number of primary amides is 1. The molecule has 0 saturated heterocycles. The predicted octanol–water partition coefficient (Wildman–Crippen LogP) is -0.838. The maximum Gasteiger partial charge on any atom is 0.325 e. The van der Waals surface area contributed by atoms with E-state index in [0.717, 1.165) is 0 Å². The van der Waals surface area contributed by atoms with Gasteiger partial charge in [-0.05, 0) is 13.3 Å². The minimum absolute atomic E-state index is 0.0248. The third-order valence-electron chi connectivity index (χ3n) is 1.41. The number of ether oxygens (including phenoxy) is 1. The molecule has 1 atom stereocenters. The SMILES string of the molecule is CCOC(=O)[C@H](CCC(N)=O)NO. The number of hydrogen-bond acceptors (Lipinski definition) is 5. The quantitative estimate of drug-likeness (QED) is 0.374. The van der Waals surface area contributed by atoms with Crippen LogP contribution in [0.4, 0.5) is 0 Å². The van der Waals surface area contributed by atoms with E-state index < -0.39 is 17.9 Å². The Hall–Kier alpha value is -1.14. The molecule has 0 aromatic carbocycles. The van der Waals surface area contributed by atoms with Gasteiger partial charge in [-0.2, -0.15) is 5.48 Å². The van der Waals surface area contributed by atoms with Crippen molar-refractivity contribution in [2.24, 2.45) is 5.73 Å². The molecule has 0 radical (unpaired) electrons. The van der Waals surface area contributed by atoms with Gasteiger partial charge in [0.2, 0.25) is 5.91 Å². The molecule has 0 aliphatic carbocycles. The van der Waals surface area contributed by atoms with E-state index in [9.17, 15) is 9.59 Å². The number of carbonyl (C=O) groups is 2. The van der Waals surface area contributed by atoms with E-state index in [1.54, 1.807) is 12.4 Å². The number of esters is 1. The zero-order chi connectivity index (χ0) is 10.3. The lowest BCUT2D eigenvalue weighted by atomic mass is 10.1. The smallest absolute Gasteiger partial charge is 0.325 e. The molecule has 0 aromatic rings. The number of hydroxylamine groups is 1. The van der Waals surface area contributed by atoms with Crippen LogP contribution in [-0.4, -0.2) is 29.7 Å². The highest BCUT2D eigenvalue weighted by Gasteiger charge is 2.18. The van der Waals surface area contributed by atoms with Crippen molar-refractivity contribution in [2.45, 2.75) is 25.8 Å². The van der Waals surface area contributed by atoms with E-state index in [4.69, 9.17) is 10.9 Å². The summed E-state index contributed by atoms with van der Waals surface area (Å²) < 4.78 is 4.61. The second-order valence-corrected chi connectivity index (χ2v) is 2.44. The van der Waals surface area contributed by atoms with E-state index >= 15 is 0 Å². The lowest BCUT2D eigenvalue weighted by molar-refractivity contribution is -0.148. The molecule has 0 unspecified atom stereocenters. The standard InChI is InChI=1S/C7H14N2O4/c1-2-13-7(11)5(9-12)3-4-6(8)10/h5,9,12H,2-4H2,1H3,(H2,8,10)/t5-/m0/s1. The van der Waals surface area contributed by atoms with Gasteiger partial charge >= 0.3 is 5.97 Å². The molecule has 0 bridgehead atoms. The van der Waals surface area contributed by atoms with Crippen molar-refractivity contribution in [1.29, 1.82) is 0 Å². The molecule has 4 N–H and O–H groups in total. The highest BCUT2D eigenvalue weighted by atomic mass is 16.5. The molecule has 13 heavy (non-hydrogen) atoms. The average molecular weight is 190 g/mol. The maximum absolute atomic E-state index is 11.0. The molecule has 0 aliphatic rings. The molecule has 6 nitrogen and oxygen atoms in total. The van der Waals surface area contributed by atoms with Gasteiger partial charge in [0, 0.05) is 6.42 Å². The largest absolute Gasteiger partial charge is 0.465 e. The van der Waals surface area contributed by atoms with Gasteiger partial charge in [0.1, 0.15) is 6.04 Å². The summed E-state index contributed by atoms with van der Waals surface area (Å²) in [5.74, 6) is -1.12. The van der Waals surface area contributed by atoms with E-state index in [1.165, 1.54) is 0 Å². The second-order valence-electron chi connectivity index (χ2n) is 2.44. The maximum atomic E-state index is 11.0. The average Bonchev–Trinajstić information content (AvgIpc) is 2.05. The van der Waals surface area contributed by atoms with Gasteiger partial charge in [0.15, 0.2) is 0 Å². The van der Waals surface area contributed by atoms with Gasteiger partial charge in [-0.15, -0.1) is 0 Å². The Morgan fingerprint density at radius 2 is 2.23 bits per heavy atom. The van der Waals surface area contributed by atoms with Crippen LogP contribution < -0.4 is 11.2 Å². The first-order valence-electron chi connectivity index (χ1n) is 3.96. The fraction of sp³-hybridized carbons (Fsp3) is 0.714. The van der Waals surface area contributed by atoms with Gasteiger partial charge in [0.05, 0.1) is 6.61 Å². The Labute approximate surface area is 76.0 Å². The molecule has 0 saturated carbocycles. The zero-order valence-electron chi connectivity index (χ0n) is 7.45. The molecular weight excluding hydrogens is 176 g/mol. The molecule has 6 heteroatoms. The third-order valence-corrected chi connectivity index (χ3v) is 1.41. The Morgan fingerprint density at radius 1 is 1.62 bits per heavy atom. The molecule has 0 rings (SSSR count). The monoisotopic (exact) mass is 190 g/mol. The van der Waals surface area contributed by atoms with Crippen LogP contribution in [0.25, 0.3) is 0 Å². The normalized spacial score (nSPS) is 12.2. The number of rotatable bonds is 6. The van der Waals surface area contributed by atoms with Crippen molar-refractivity contribution in [3.8, 4) is 0 Å². The van der Waals surface area contributed by atoms with Crippen molar-refractivity contribution < 1.29 is 19.5 Å². The van der Waals surface area contributed by atoms with Crippen LogP contribution in [0.3, 0.4) is 0 Å². The molecular formula is C7H14N2O4. The van der Waals surface area contributed by atoms with E-state index in [1.807, 2.05) is 0 Å². The lowest BCUT2D eigenvalue weighted by Gasteiger charge is -2.11. The number of carbonyl (C=O) groups excluding carboxylic acids is 2. The first kappa shape index (κ1) is 11.9. The fourth-order valence-electron chi connectivity index (χ4n) is 0.765. The molecule has 0 aromatic heterocycles. The van der Waals surface area contributed by atoms with Crippen molar-refractivity contribution in [3.63, 3.8) is 0 Å². The van der Waals surface area contributed by atoms with Crippen molar-refractivity contribution in [3.05, 3.63) is 0 Å². The summed E-state index contributed by atoms with van der Waals surface area (Å²) >= 11 is 0. The van der Waals surface area contributed by atoms with Crippen molar-refractivity contribution in [1.82, 2.24) is 5.48 Å². The molecule has 0 fully saturated rings. The van der Waals surface area contributed by atoms with Crippen LogP contribution in [0.15, 0.2) is 0 Å². The Kier molecular flexibility index (Phi) is 5.82. The Bertz CT molecular complexity index is 183. The molecule has 0 spiro atoms. The van der Waals surface area contributed by atoms with Gasteiger partial charge in [0.25, 0.3) is 0 Å². The van der Waals surface area contributed by atoms with Crippen molar-refractivity contribution >= 4 is 11.9 Å². The summed E-state index contributed by atoms with van der Waals surface area (Å²) in [7, 11) is 0. The van der Waals surface area contributed by atoms with E-state index in [0.29, 0.717) is 0 Å². The first-order chi connectivity index (χ1) is 6.11. The molecule has 0 aliphatic heterocycles. The zero-order valence-corrected chi connectivity index (χ0v) is 7.45. The summed E-state index contributed by atoms with van der Waals surface area (Å²) in [6, 6.07) is -0.882. The molecule has 76 valence electrons. The topological polar surface area (TPSA) is 102 Å². The van der Waals surface area contributed by atoms with Gasteiger partial charge in [-0.25, -0.2) is 0 Å². The predicted molar refractivity (Wildman–Crippen MR) is 43.8 cm³/mol. The number of nitrogens with one attached hydrogen (secondary N) is 1. The minimum atomic E-state index is -0.882. The van der Waals surface area contributed by atoms with Crippen LogP contribution in [0.1, 0.15) is 19.8 Å². The first-order valence-corrected chi connectivity index (χ1v) is 3.96.